The molecule has 2 aromatic carbocycles. The number of anilines is 2. The van der Waals surface area contributed by atoms with Gasteiger partial charge in [-0.05, 0) is 69.4 Å². The second-order valence-corrected chi connectivity index (χ2v) is 11.3. The second-order valence-electron chi connectivity index (χ2n) is 9.49. The summed E-state index contributed by atoms with van der Waals surface area (Å²) in [6.07, 6.45) is 3.90. The lowest BCUT2D eigenvalue weighted by molar-refractivity contribution is -0.131. The number of aryl methyl sites for hydroxylation is 1. The Labute approximate surface area is 226 Å². The van der Waals surface area contributed by atoms with Gasteiger partial charge < -0.3 is 10.2 Å². The van der Waals surface area contributed by atoms with Gasteiger partial charge in [-0.1, -0.05) is 42.1 Å². The van der Waals surface area contributed by atoms with Gasteiger partial charge >= 0.3 is 0 Å². The fourth-order valence-electron chi connectivity index (χ4n) is 4.66. The number of hydrogen-bond acceptors (Lipinski definition) is 7. The predicted octanol–water partition coefficient (Wildman–Crippen LogP) is 6.17. The number of piperidine rings is 1. The highest BCUT2D eigenvalue weighted by Gasteiger charge is 2.25. The number of rotatable bonds is 8. The van der Waals surface area contributed by atoms with Gasteiger partial charge in [0.25, 0.3) is 0 Å². The zero-order chi connectivity index (χ0) is 25.8. The summed E-state index contributed by atoms with van der Waals surface area (Å²) >= 11 is 3.04. The van der Waals surface area contributed by atoms with Crippen molar-refractivity contribution in [2.75, 3.05) is 17.6 Å². The first-order chi connectivity index (χ1) is 18.0. The minimum Gasteiger partial charge on any atom is -0.339 e. The van der Waals surface area contributed by atoms with Gasteiger partial charge in [-0.3, -0.25) is 9.36 Å². The molecule has 3 heterocycles. The number of thiazole rings is 1. The van der Waals surface area contributed by atoms with Crippen LogP contribution in [-0.4, -0.2) is 48.9 Å². The van der Waals surface area contributed by atoms with Gasteiger partial charge in [0.15, 0.2) is 10.3 Å². The molecule has 0 aliphatic carbocycles. The fourth-order valence-corrected chi connectivity index (χ4v) is 6.24. The highest BCUT2D eigenvalue weighted by molar-refractivity contribution is 7.99. The first-order valence-corrected chi connectivity index (χ1v) is 14.6. The number of nitrogens with one attached hydrogen (secondary N) is 1. The molecule has 4 aromatic rings. The van der Waals surface area contributed by atoms with Crippen LogP contribution in [0.2, 0.25) is 0 Å². The van der Waals surface area contributed by atoms with E-state index in [0.717, 1.165) is 52.6 Å². The molecule has 5 rings (SSSR count). The summed E-state index contributed by atoms with van der Waals surface area (Å²) in [6, 6.07) is 16.6. The molecule has 1 fully saturated rings. The molecule has 9 heteroatoms. The molecule has 2 aromatic heterocycles. The van der Waals surface area contributed by atoms with Gasteiger partial charge in [-0.15, -0.1) is 21.5 Å². The molecule has 0 unspecified atom stereocenters. The third-order valence-electron chi connectivity index (χ3n) is 6.88. The minimum absolute atomic E-state index is 0.172. The van der Waals surface area contributed by atoms with Crippen LogP contribution in [-0.2, 0) is 11.2 Å². The molecule has 0 bridgehead atoms. The number of carbonyl (C=O) groups is 1. The van der Waals surface area contributed by atoms with Gasteiger partial charge in [-0.2, -0.15) is 0 Å². The molecule has 192 valence electrons. The molecule has 37 heavy (non-hydrogen) atoms. The molecule has 1 N–H and O–H groups in total. The quantitative estimate of drug-likeness (QED) is 0.274. The van der Waals surface area contributed by atoms with E-state index in [4.69, 9.17) is 4.98 Å². The molecule has 0 saturated carbocycles. The van der Waals surface area contributed by atoms with Crippen molar-refractivity contribution >= 4 is 39.8 Å². The molecule has 1 saturated heterocycles. The topological polar surface area (TPSA) is 75.9 Å². The largest absolute Gasteiger partial charge is 0.339 e. The molecule has 0 radical (unpaired) electrons. The van der Waals surface area contributed by atoms with Crippen LogP contribution in [0, 0.1) is 13.8 Å². The number of para-hydroxylation sites is 1. The summed E-state index contributed by atoms with van der Waals surface area (Å²) in [4.78, 5) is 19.8. The number of aromatic nitrogens is 4. The zero-order valence-corrected chi connectivity index (χ0v) is 23.1. The van der Waals surface area contributed by atoms with Gasteiger partial charge in [0.2, 0.25) is 5.91 Å². The Kier molecular flexibility index (Phi) is 7.90. The minimum atomic E-state index is 0.172. The van der Waals surface area contributed by atoms with Crippen molar-refractivity contribution in [3.63, 3.8) is 0 Å². The maximum atomic E-state index is 13.0. The Balaban J connectivity index is 1.39. The highest BCUT2D eigenvalue weighted by Crippen LogP contribution is 2.29. The number of thioether (sulfide) groups is 1. The van der Waals surface area contributed by atoms with Gasteiger partial charge in [0, 0.05) is 23.7 Å². The van der Waals surface area contributed by atoms with Gasteiger partial charge in [0.05, 0.1) is 23.6 Å². The van der Waals surface area contributed by atoms with Crippen molar-refractivity contribution in [2.45, 2.75) is 57.7 Å². The Bertz CT molecular complexity index is 1370. The number of hydrogen-bond donors (Lipinski definition) is 1. The summed E-state index contributed by atoms with van der Waals surface area (Å²) in [5.41, 5.74) is 5.35. The molecule has 1 atom stereocenters. The number of carbonyl (C=O) groups excluding carboxylic acids is 1. The van der Waals surface area contributed by atoms with E-state index in [-0.39, 0.29) is 5.91 Å². The SMILES string of the molecule is Cc1cccc(-n2c(Cc3csc(Nc4ccccc4)n3)nnc2SCC(=O)N2CCCC[C@H]2C)c1C. The normalized spacial score (nSPS) is 15.6. The maximum absolute atomic E-state index is 13.0. The second kappa shape index (κ2) is 11.5. The lowest BCUT2D eigenvalue weighted by Gasteiger charge is -2.33. The Hall–Kier alpha value is -3.17. The van der Waals surface area contributed by atoms with E-state index in [2.05, 4.69) is 64.4 Å². The van der Waals surface area contributed by atoms with Crippen LogP contribution in [0.15, 0.2) is 59.1 Å². The van der Waals surface area contributed by atoms with E-state index in [1.54, 1.807) is 11.3 Å². The van der Waals surface area contributed by atoms with E-state index in [1.807, 2.05) is 35.2 Å². The van der Waals surface area contributed by atoms with Crippen LogP contribution in [0.25, 0.3) is 5.69 Å². The van der Waals surface area contributed by atoms with Crippen LogP contribution in [0.3, 0.4) is 0 Å². The molecule has 7 nitrogen and oxygen atoms in total. The maximum Gasteiger partial charge on any atom is 0.233 e. The fraction of sp³-hybridized carbons (Fsp3) is 0.357. The Morgan fingerprint density at radius 1 is 1.11 bits per heavy atom. The number of likely N-dealkylation sites (tertiary alicyclic amines) is 1. The van der Waals surface area contributed by atoms with E-state index in [9.17, 15) is 4.79 Å². The number of nitrogens with zero attached hydrogens (tertiary/aromatic N) is 5. The van der Waals surface area contributed by atoms with Crippen LogP contribution in [0.5, 0.6) is 0 Å². The van der Waals surface area contributed by atoms with E-state index in [0.29, 0.717) is 18.2 Å². The van der Waals surface area contributed by atoms with E-state index >= 15 is 0 Å². The van der Waals surface area contributed by atoms with Crippen molar-refractivity contribution in [1.82, 2.24) is 24.6 Å². The summed E-state index contributed by atoms with van der Waals surface area (Å²) in [7, 11) is 0. The van der Waals surface area contributed by atoms with Gasteiger partial charge in [-0.25, -0.2) is 4.98 Å². The lowest BCUT2D eigenvalue weighted by atomic mass is 10.0. The average Bonchev–Trinajstić information content (AvgIpc) is 3.52. The first kappa shape index (κ1) is 25.5. The monoisotopic (exact) mass is 532 g/mol. The van der Waals surface area contributed by atoms with Crippen LogP contribution >= 0.6 is 23.1 Å². The Morgan fingerprint density at radius 2 is 1.95 bits per heavy atom. The van der Waals surface area contributed by atoms with Gasteiger partial charge in [0.1, 0.15) is 5.82 Å². The van der Waals surface area contributed by atoms with Crippen molar-refractivity contribution in [3.8, 4) is 5.69 Å². The van der Waals surface area contributed by atoms with Crippen molar-refractivity contribution < 1.29 is 4.79 Å². The predicted molar refractivity (Wildman–Crippen MR) is 151 cm³/mol. The summed E-state index contributed by atoms with van der Waals surface area (Å²) in [5.74, 6) is 1.34. The Morgan fingerprint density at radius 3 is 2.76 bits per heavy atom. The third kappa shape index (κ3) is 5.88. The lowest BCUT2D eigenvalue weighted by Crippen LogP contribution is -2.43. The molecule has 0 spiro atoms. The van der Waals surface area contributed by atoms with Crippen molar-refractivity contribution in [3.05, 3.63) is 76.6 Å². The van der Waals surface area contributed by atoms with Crippen molar-refractivity contribution in [2.24, 2.45) is 0 Å². The zero-order valence-electron chi connectivity index (χ0n) is 21.5. The number of amides is 1. The van der Waals surface area contributed by atoms with Crippen LogP contribution < -0.4 is 5.32 Å². The molecular formula is C28H32N6OS2. The molecule has 1 aliphatic heterocycles. The summed E-state index contributed by atoms with van der Waals surface area (Å²) in [5, 5.41) is 16.1. The van der Waals surface area contributed by atoms with Crippen molar-refractivity contribution in [1.29, 1.82) is 0 Å². The summed E-state index contributed by atoms with van der Waals surface area (Å²) in [6.45, 7) is 7.22. The smallest absolute Gasteiger partial charge is 0.233 e. The number of benzene rings is 2. The van der Waals surface area contributed by atoms with Crippen LogP contribution in [0.1, 0.15) is 48.8 Å². The van der Waals surface area contributed by atoms with E-state index in [1.165, 1.54) is 29.3 Å². The van der Waals surface area contributed by atoms with Crippen LogP contribution in [0.4, 0.5) is 10.8 Å². The third-order valence-corrected chi connectivity index (χ3v) is 8.60. The van der Waals surface area contributed by atoms with E-state index < -0.39 is 0 Å². The first-order valence-electron chi connectivity index (χ1n) is 12.7. The highest BCUT2D eigenvalue weighted by atomic mass is 32.2. The molecular weight excluding hydrogens is 500 g/mol. The molecule has 1 amide bonds. The molecule has 1 aliphatic rings. The average molecular weight is 533 g/mol. The summed E-state index contributed by atoms with van der Waals surface area (Å²) < 4.78 is 2.10. The standard InChI is InChI=1S/C28H32N6OS2/c1-19-10-9-14-24(21(19)3)34-25(16-23-17-36-27(30-23)29-22-12-5-4-6-13-22)31-32-28(34)37-18-26(35)33-15-8-7-11-20(33)2/h4-6,9-10,12-14,17,20H,7-8,11,15-16,18H2,1-3H3,(H,29,30)/t20-/m1/s1.